The Morgan fingerprint density at radius 3 is 2.96 bits per heavy atom. The van der Waals surface area contributed by atoms with E-state index in [0.29, 0.717) is 17.0 Å². The van der Waals surface area contributed by atoms with Crippen molar-refractivity contribution in [2.24, 2.45) is 0 Å². The van der Waals surface area contributed by atoms with Crippen molar-refractivity contribution < 1.29 is 9.18 Å². The van der Waals surface area contributed by atoms with E-state index in [1.807, 2.05) is 18.2 Å². The number of carbonyl (C=O) groups is 1. The summed E-state index contributed by atoms with van der Waals surface area (Å²) in [4.78, 5) is 18.6. The van der Waals surface area contributed by atoms with Gasteiger partial charge in [0, 0.05) is 42.3 Å². The Balaban J connectivity index is 1.49. The van der Waals surface area contributed by atoms with Crippen molar-refractivity contribution in [2.75, 3.05) is 18.0 Å². The fourth-order valence-corrected chi connectivity index (χ4v) is 3.19. The predicted molar refractivity (Wildman–Crippen MR) is 92.7 cm³/mol. The van der Waals surface area contributed by atoms with E-state index in [2.05, 4.69) is 15.2 Å². The molecule has 0 spiro atoms. The Morgan fingerprint density at radius 2 is 2.21 bits per heavy atom. The molecule has 0 saturated carbocycles. The van der Waals surface area contributed by atoms with Crippen LogP contribution in [0.4, 0.5) is 10.2 Å². The number of nitrogens with one attached hydrogen (secondary N) is 1. The van der Waals surface area contributed by atoms with Gasteiger partial charge in [0.15, 0.2) is 0 Å². The van der Waals surface area contributed by atoms with Gasteiger partial charge >= 0.3 is 0 Å². The van der Waals surface area contributed by atoms with Crippen molar-refractivity contribution in [3.05, 3.63) is 59.0 Å². The van der Waals surface area contributed by atoms with Gasteiger partial charge in [0.25, 0.3) is 0 Å². The predicted octanol–water partition coefficient (Wildman–Crippen LogP) is 3.20. The highest BCUT2D eigenvalue weighted by atomic mass is 35.5. The first-order chi connectivity index (χ1) is 11.6. The molecule has 0 aliphatic carbocycles. The molecule has 1 fully saturated rings. The fourth-order valence-electron chi connectivity index (χ4n) is 2.94. The zero-order chi connectivity index (χ0) is 16.9. The van der Waals surface area contributed by atoms with Crippen LogP contribution in [0.25, 0.3) is 0 Å². The van der Waals surface area contributed by atoms with Crippen LogP contribution in [0.2, 0.25) is 5.02 Å². The van der Waals surface area contributed by atoms with Gasteiger partial charge in [-0.25, -0.2) is 9.37 Å². The number of amides is 1. The summed E-state index contributed by atoms with van der Waals surface area (Å²) >= 11 is 5.98. The van der Waals surface area contributed by atoms with Crippen molar-refractivity contribution >= 4 is 23.3 Å². The molecule has 4 nitrogen and oxygen atoms in total. The third kappa shape index (κ3) is 4.03. The lowest BCUT2D eigenvalue weighted by atomic mass is 10.1. The number of benzene rings is 1. The molecule has 2 heterocycles. The van der Waals surface area contributed by atoms with Crippen LogP contribution in [-0.2, 0) is 11.2 Å². The number of rotatable bonds is 5. The Hall–Kier alpha value is -2.14. The summed E-state index contributed by atoms with van der Waals surface area (Å²) in [7, 11) is 0. The molecule has 1 aliphatic heterocycles. The zero-order valence-corrected chi connectivity index (χ0v) is 14.0. The molecule has 2 aromatic rings. The lowest BCUT2D eigenvalue weighted by molar-refractivity contribution is -0.121. The SMILES string of the molecule is O=C(CCc1c(F)cccc1Cl)N[C@@H]1CCN(c2ccccn2)C1. The summed E-state index contributed by atoms with van der Waals surface area (Å²) in [6.45, 7) is 1.60. The second kappa shape index (κ2) is 7.62. The Morgan fingerprint density at radius 1 is 1.33 bits per heavy atom. The van der Waals surface area contributed by atoms with Crippen molar-refractivity contribution in [1.82, 2.24) is 10.3 Å². The molecule has 1 amide bonds. The quantitative estimate of drug-likeness (QED) is 0.903. The van der Waals surface area contributed by atoms with E-state index in [-0.39, 0.29) is 24.2 Å². The minimum Gasteiger partial charge on any atom is -0.354 e. The summed E-state index contributed by atoms with van der Waals surface area (Å²) in [6, 6.07) is 10.5. The second-order valence-corrected chi connectivity index (χ2v) is 6.29. The van der Waals surface area contributed by atoms with Gasteiger partial charge in [-0.2, -0.15) is 0 Å². The van der Waals surface area contributed by atoms with Gasteiger partial charge in [-0.05, 0) is 37.1 Å². The molecular formula is C18H19ClFN3O. The van der Waals surface area contributed by atoms with E-state index in [0.717, 1.165) is 25.3 Å². The van der Waals surface area contributed by atoms with Gasteiger partial charge in [-0.3, -0.25) is 4.79 Å². The highest BCUT2D eigenvalue weighted by Gasteiger charge is 2.24. The number of nitrogens with zero attached hydrogens (tertiary/aromatic N) is 2. The maximum Gasteiger partial charge on any atom is 0.220 e. The van der Waals surface area contributed by atoms with Crippen molar-refractivity contribution in [2.45, 2.75) is 25.3 Å². The standard InChI is InChI=1S/C18H19ClFN3O/c19-15-4-3-5-16(20)14(15)7-8-18(24)22-13-9-11-23(12-13)17-6-1-2-10-21-17/h1-6,10,13H,7-9,11-12H2,(H,22,24)/t13-/m1/s1. The summed E-state index contributed by atoms with van der Waals surface area (Å²) in [5, 5.41) is 3.38. The van der Waals surface area contributed by atoms with Crippen LogP contribution in [0.3, 0.4) is 0 Å². The van der Waals surface area contributed by atoms with Crippen molar-refractivity contribution in [3.8, 4) is 0 Å². The zero-order valence-electron chi connectivity index (χ0n) is 13.2. The Kier molecular flexibility index (Phi) is 5.30. The average molecular weight is 348 g/mol. The number of hydrogen-bond donors (Lipinski definition) is 1. The highest BCUT2D eigenvalue weighted by Crippen LogP contribution is 2.21. The molecule has 1 aromatic heterocycles. The molecule has 0 unspecified atom stereocenters. The largest absolute Gasteiger partial charge is 0.354 e. The van der Waals surface area contributed by atoms with Gasteiger partial charge in [-0.1, -0.05) is 23.7 Å². The first-order valence-electron chi connectivity index (χ1n) is 8.01. The molecule has 24 heavy (non-hydrogen) atoms. The highest BCUT2D eigenvalue weighted by molar-refractivity contribution is 6.31. The van der Waals surface area contributed by atoms with Crippen LogP contribution in [0.15, 0.2) is 42.6 Å². The molecule has 1 aromatic carbocycles. The van der Waals surface area contributed by atoms with Crippen LogP contribution in [-0.4, -0.2) is 30.0 Å². The van der Waals surface area contributed by atoms with E-state index in [1.54, 1.807) is 18.3 Å². The van der Waals surface area contributed by atoms with Crippen LogP contribution < -0.4 is 10.2 Å². The third-order valence-corrected chi connectivity index (χ3v) is 4.54. The summed E-state index contributed by atoms with van der Waals surface area (Å²) in [5.41, 5.74) is 0.399. The number of aromatic nitrogens is 1. The van der Waals surface area contributed by atoms with Crippen LogP contribution in [0, 0.1) is 5.82 Å². The van der Waals surface area contributed by atoms with Gasteiger partial charge in [0.05, 0.1) is 0 Å². The first kappa shape index (κ1) is 16.7. The molecule has 126 valence electrons. The van der Waals surface area contributed by atoms with E-state index < -0.39 is 0 Å². The number of halogens is 2. The summed E-state index contributed by atoms with van der Waals surface area (Å²) in [6.07, 6.45) is 3.16. The second-order valence-electron chi connectivity index (χ2n) is 5.89. The van der Waals surface area contributed by atoms with Gasteiger partial charge in [0.1, 0.15) is 11.6 Å². The average Bonchev–Trinajstić information content (AvgIpc) is 3.03. The summed E-state index contributed by atoms with van der Waals surface area (Å²) < 4.78 is 13.7. The lowest BCUT2D eigenvalue weighted by Gasteiger charge is -2.17. The monoisotopic (exact) mass is 347 g/mol. The molecule has 3 rings (SSSR count). The number of hydrogen-bond acceptors (Lipinski definition) is 3. The minimum atomic E-state index is -0.363. The molecule has 0 radical (unpaired) electrons. The molecule has 1 aliphatic rings. The van der Waals surface area contributed by atoms with Crippen molar-refractivity contribution in [3.63, 3.8) is 0 Å². The summed E-state index contributed by atoms with van der Waals surface area (Å²) in [5.74, 6) is 0.479. The van der Waals surface area contributed by atoms with E-state index in [1.165, 1.54) is 6.07 Å². The number of carbonyl (C=O) groups excluding carboxylic acids is 1. The van der Waals surface area contributed by atoms with Crippen LogP contribution >= 0.6 is 11.6 Å². The molecule has 1 saturated heterocycles. The lowest BCUT2D eigenvalue weighted by Crippen LogP contribution is -2.37. The van der Waals surface area contributed by atoms with E-state index >= 15 is 0 Å². The van der Waals surface area contributed by atoms with E-state index in [4.69, 9.17) is 11.6 Å². The fraction of sp³-hybridized carbons (Fsp3) is 0.333. The molecule has 6 heteroatoms. The van der Waals surface area contributed by atoms with Gasteiger partial charge < -0.3 is 10.2 Å². The molecule has 1 atom stereocenters. The third-order valence-electron chi connectivity index (χ3n) is 4.19. The maximum absolute atomic E-state index is 13.7. The molecular weight excluding hydrogens is 329 g/mol. The van der Waals surface area contributed by atoms with Gasteiger partial charge in [0.2, 0.25) is 5.91 Å². The molecule has 1 N–H and O–H groups in total. The number of anilines is 1. The van der Waals surface area contributed by atoms with Crippen LogP contribution in [0.1, 0.15) is 18.4 Å². The topological polar surface area (TPSA) is 45.2 Å². The molecule has 0 bridgehead atoms. The maximum atomic E-state index is 13.7. The normalized spacial score (nSPS) is 17.1. The van der Waals surface area contributed by atoms with E-state index in [9.17, 15) is 9.18 Å². The Bertz CT molecular complexity index is 690. The first-order valence-corrected chi connectivity index (χ1v) is 8.39. The smallest absolute Gasteiger partial charge is 0.220 e. The Labute approximate surface area is 145 Å². The minimum absolute atomic E-state index is 0.0813. The number of pyridine rings is 1. The van der Waals surface area contributed by atoms with Gasteiger partial charge in [-0.15, -0.1) is 0 Å². The van der Waals surface area contributed by atoms with Crippen molar-refractivity contribution in [1.29, 1.82) is 0 Å². The van der Waals surface area contributed by atoms with Crippen LogP contribution in [0.5, 0.6) is 0 Å².